The van der Waals surface area contributed by atoms with E-state index in [1.165, 1.54) is 24.3 Å². The van der Waals surface area contributed by atoms with Crippen molar-refractivity contribution in [2.45, 2.75) is 17.4 Å². The minimum absolute atomic E-state index is 0.0367. The number of nitro groups is 1. The van der Waals surface area contributed by atoms with E-state index in [4.69, 9.17) is 10.8 Å². The molecule has 17 heavy (non-hydrogen) atoms. The van der Waals surface area contributed by atoms with Gasteiger partial charge in [0.25, 0.3) is 5.69 Å². The van der Waals surface area contributed by atoms with E-state index in [9.17, 15) is 14.3 Å². The molecule has 0 aliphatic carbocycles. The van der Waals surface area contributed by atoms with Crippen LogP contribution >= 0.6 is 0 Å². The second-order valence-electron chi connectivity index (χ2n) is 3.54. The SMILES string of the molecule is NC(CCO)CS(=O)c1ccc([N+](=O)[O-])cc1. The number of rotatable bonds is 6. The minimum Gasteiger partial charge on any atom is -0.396 e. The molecular formula is C10H14N2O4S. The van der Waals surface area contributed by atoms with Gasteiger partial charge in [-0.3, -0.25) is 14.3 Å². The summed E-state index contributed by atoms with van der Waals surface area (Å²) in [5.74, 6) is 0.234. The fourth-order valence-electron chi connectivity index (χ4n) is 1.26. The summed E-state index contributed by atoms with van der Waals surface area (Å²) >= 11 is 0. The lowest BCUT2D eigenvalue weighted by Crippen LogP contribution is -2.28. The Labute approximate surface area is 101 Å². The smallest absolute Gasteiger partial charge is 0.269 e. The largest absolute Gasteiger partial charge is 0.396 e. The summed E-state index contributed by atoms with van der Waals surface area (Å²) in [6.45, 7) is -0.0430. The number of nitro benzene ring substituents is 1. The normalized spacial score (nSPS) is 14.2. The third-order valence-electron chi connectivity index (χ3n) is 2.18. The third kappa shape index (κ3) is 4.22. The molecule has 0 saturated carbocycles. The zero-order chi connectivity index (χ0) is 12.8. The van der Waals surface area contributed by atoms with E-state index >= 15 is 0 Å². The van der Waals surface area contributed by atoms with Crippen molar-refractivity contribution in [2.24, 2.45) is 5.73 Å². The molecule has 0 bridgehead atoms. The van der Waals surface area contributed by atoms with Gasteiger partial charge in [0.1, 0.15) is 0 Å². The number of hydrogen-bond acceptors (Lipinski definition) is 5. The van der Waals surface area contributed by atoms with Crippen LogP contribution in [0.1, 0.15) is 6.42 Å². The predicted molar refractivity (Wildman–Crippen MR) is 64.1 cm³/mol. The highest BCUT2D eigenvalue weighted by atomic mass is 32.2. The maximum absolute atomic E-state index is 11.8. The lowest BCUT2D eigenvalue weighted by atomic mass is 10.3. The van der Waals surface area contributed by atoms with Crippen LogP contribution < -0.4 is 5.73 Å². The number of benzene rings is 1. The number of non-ortho nitro benzene ring substituents is 1. The highest BCUT2D eigenvalue weighted by molar-refractivity contribution is 7.85. The standard InChI is InChI=1S/C10H14N2O4S/c11-8(5-6-13)7-17(16)10-3-1-9(2-4-10)12(14)15/h1-4,8,13H,5-7,11H2. The topological polar surface area (TPSA) is 106 Å². The van der Waals surface area contributed by atoms with Crippen LogP contribution in [0.25, 0.3) is 0 Å². The maximum Gasteiger partial charge on any atom is 0.269 e. The summed E-state index contributed by atoms with van der Waals surface area (Å²) in [6, 6.07) is 5.20. The molecule has 0 heterocycles. The fourth-order valence-corrected chi connectivity index (χ4v) is 2.45. The second kappa shape index (κ2) is 6.43. The molecule has 1 rings (SSSR count). The van der Waals surface area contributed by atoms with Gasteiger partial charge in [-0.2, -0.15) is 0 Å². The van der Waals surface area contributed by atoms with Crippen molar-refractivity contribution in [2.75, 3.05) is 12.4 Å². The van der Waals surface area contributed by atoms with Gasteiger partial charge in [-0.15, -0.1) is 0 Å². The first kappa shape index (κ1) is 13.8. The molecule has 94 valence electrons. The molecule has 0 spiro atoms. The number of hydrogen-bond donors (Lipinski definition) is 2. The Kier molecular flexibility index (Phi) is 5.20. The summed E-state index contributed by atoms with van der Waals surface area (Å²) in [4.78, 5) is 10.4. The Hall–Kier alpha value is -1.31. The maximum atomic E-state index is 11.8. The molecule has 0 aromatic heterocycles. The van der Waals surface area contributed by atoms with Crippen molar-refractivity contribution < 1.29 is 14.2 Å². The molecule has 0 saturated heterocycles. The Morgan fingerprint density at radius 2 is 2.00 bits per heavy atom. The van der Waals surface area contributed by atoms with Crippen molar-refractivity contribution in [1.29, 1.82) is 0 Å². The molecule has 0 fully saturated rings. The van der Waals surface area contributed by atoms with Crippen molar-refractivity contribution in [1.82, 2.24) is 0 Å². The second-order valence-corrected chi connectivity index (χ2v) is 5.03. The van der Waals surface area contributed by atoms with Gasteiger partial charge in [-0.05, 0) is 18.6 Å². The molecule has 2 unspecified atom stereocenters. The molecular weight excluding hydrogens is 244 g/mol. The van der Waals surface area contributed by atoms with Crippen LogP contribution in [0, 0.1) is 10.1 Å². The van der Waals surface area contributed by atoms with Gasteiger partial charge in [-0.1, -0.05) is 0 Å². The zero-order valence-electron chi connectivity index (χ0n) is 9.11. The Morgan fingerprint density at radius 3 is 2.47 bits per heavy atom. The van der Waals surface area contributed by atoms with Crippen LogP contribution in [0.15, 0.2) is 29.2 Å². The van der Waals surface area contributed by atoms with E-state index < -0.39 is 15.7 Å². The van der Waals surface area contributed by atoms with E-state index in [0.29, 0.717) is 11.3 Å². The predicted octanol–water partition coefficient (Wildman–Crippen LogP) is 0.412. The summed E-state index contributed by atoms with van der Waals surface area (Å²) in [5.41, 5.74) is 5.60. The molecule has 3 N–H and O–H groups in total. The lowest BCUT2D eigenvalue weighted by Gasteiger charge is -2.09. The Morgan fingerprint density at radius 1 is 1.41 bits per heavy atom. The molecule has 0 aliphatic heterocycles. The van der Waals surface area contributed by atoms with E-state index in [1.54, 1.807) is 0 Å². The average Bonchev–Trinajstić information content (AvgIpc) is 2.29. The monoisotopic (exact) mass is 258 g/mol. The first-order valence-corrected chi connectivity index (χ1v) is 6.35. The van der Waals surface area contributed by atoms with Crippen molar-refractivity contribution in [3.63, 3.8) is 0 Å². The van der Waals surface area contributed by atoms with Gasteiger partial charge >= 0.3 is 0 Å². The van der Waals surface area contributed by atoms with Gasteiger partial charge in [0.2, 0.25) is 0 Å². The van der Waals surface area contributed by atoms with E-state index in [1.807, 2.05) is 0 Å². The van der Waals surface area contributed by atoms with Crippen LogP contribution in [-0.4, -0.2) is 32.6 Å². The number of nitrogens with two attached hydrogens (primary N) is 1. The molecule has 6 nitrogen and oxygen atoms in total. The minimum atomic E-state index is -1.30. The first-order valence-electron chi connectivity index (χ1n) is 5.04. The van der Waals surface area contributed by atoms with Gasteiger partial charge in [0, 0.05) is 35.4 Å². The summed E-state index contributed by atoms with van der Waals surface area (Å²) in [7, 11) is -1.30. The van der Waals surface area contributed by atoms with Crippen LogP contribution in [0.3, 0.4) is 0 Å². The Balaban J connectivity index is 2.66. The summed E-state index contributed by atoms with van der Waals surface area (Å²) in [5, 5.41) is 19.1. The average molecular weight is 258 g/mol. The fraction of sp³-hybridized carbons (Fsp3) is 0.400. The molecule has 0 aliphatic rings. The van der Waals surface area contributed by atoms with Crippen molar-refractivity contribution >= 4 is 16.5 Å². The van der Waals surface area contributed by atoms with Gasteiger partial charge < -0.3 is 10.8 Å². The molecule has 0 amide bonds. The third-order valence-corrected chi connectivity index (χ3v) is 3.70. The molecule has 1 aromatic rings. The van der Waals surface area contributed by atoms with E-state index in [0.717, 1.165) is 0 Å². The van der Waals surface area contributed by atoms with Gasteiger partial charge in [0.15, 0.2) is 0 Å². The number of nitrogens with zero attached hydrogens (tertiary/aromatic N) is 1. The van der Waals surface area contributed by atoms with Crippen LogP contribution in [-0.2, 0) is 10.8 Å². The van der Waals surface area contributed by atoms with E-state index in [2.05, 4.69) is 0 Å². The number of aliphatic hydroxyl groups is 1. The van der Waals surface area contributed by atoms with Crippen molar-refractivity contribution in [3.8, 4) is 0 Å². The lowest BCUT2D eigenvalue weighted by molar-refractivity contribution is -0.384. The van der Waals surface area contributed by atoms with Gasteiger partial charge in [0.05, 0.1) is 15.7 Å². The first-order chi connectivity index (χ1) is 8.04. The quantitative estimate of drug-likeness (QED) is 0.568. The summed E-state index contributed by atoms with van der Waals surface area (Å²) < 4.78 is 11.8. The molecule has 1 aromatic carbocycles. The number of aliphatic hydroxyl groups excluding tert-OH is 1. The van der Waals surface area contributed by atoms with E-state index in [-0.39, 0.29) is 24.1 Å². The summed E-state index contributed by atoms with van der Waals surface area (Å²) in [6.07, 6.45) is 0.388. The van der Waals surface area contributed by atoms with Crippen molar-refractivity contribution in [3.05, 3.63) is 34.4 Å². The van der Waals surface area contributed by atoms with Crippen LogP contribution in [0.5, 0.6) is 0 Å². The van der Waals surface area contributed by atoms with Gasteiger partial charge in [-0.25, -0.2) is 0 Å². The Bertz CT molecular complexity index is 407. The highest BCUT2D eigenvalue weighted by Crippen LogP contribution is 2.15. The van der Waals surface area contributed by atoms with Crippen LogP contribution in [0.4, 0.5) is 5.69 Å². The highest BCUT2D eigenvalue weighted by Gasteiger charge is 2.11. The zero-order valence-corrected chi connectivity index (χ0v) is 9.93. The van der Waals surface area contributed by atoms with Crippen LogP contribution in [0.2, 0.25) is 0 Å². The molecule has 7 heteroatoms. The molecule has 0 radical (unpaired) electrons. The molecule has 2 atom stereocenters.